The second-order valence-electron chi connectivity index (χ2n) is 5.65. The highest BCUT2D eigenvalue weighted by atomic mass is 16.6. The van der Waals surface area contributed by atoms with Crippen molar-refractivity contribution in [1.82, 2.24) is 10.2 Å². The molecule has 0 unspecified atom stereocenters. The number of ether oxygens (including phenoxy) is 1. The summed E-state index contributed by atoms with van der Waals surface area (Å²) in [6, 6.07) is 15.4. The van der Waals surface area contributed by atoms with E-state index in [4.69, 9.17) is 4.74 Å². The maximum Gasteiger partial charge on any atom is 0.414 e. The van der Waals surface area contributed by atoms with Gasteiger partial charge in [-0.3, -0.25) is 10.00 Å². The van der Waals surface area contributed by atoms with Crippen molar-refractivity contribution >= 4 is 22.7 Å². The van der Waals surface area contributed by atoms with Crippen LogP contribution in [0.5, 0.6) is 0 Å². The first-order chi connectivity index (χ1) is 11.1. The number of H-pyrrole nitrogens is 1. The molecule has 0 aliphatic rings. The summed E-state index contributed by atoms with van der Waals surface area (Å²) >= 11 is 0. The third kappa shape index (κ3) is 3.34. The molecule has 3 rings (SSSR count). The minimum absolute atomic E-state index is 0.0115. The Kier molecular flexibility index (Phi) is 4.28. The Hall–Kier alpha value is -2.82. The minimum Gasteiger partial charge on any atom is -0.444 e. The number of nitrogens with one attached hydrogen (secondary N) is 1. The fourth-order valence-electron chi connectivity index (χ4n) is 2.48. The number of anilines is 1. The van der Waals surface area contributed by atoms with E-state index in [-0.39, 0.29) is 18.7 Å². The van der Waals surface area contributed by atoms with E-state index >= 15 is 0 Å². The molecule has 1 heterocycles. The molecule has 1 N–H and O–H groups in total. The van der Waals surface area contributed by atoms with Crippen LogP contribution in [0.4, 0.5) is 10.5 Å². The highest BCUT2D eigenvalue weighted by molar-refractivity contribution is 5.92. The van der Waals surface area contributed by atoms with Crippen molar-refractivity contribution in [3.05, 3.63) is 60.3 Å². The van der Waals surface area contributed by atoms with Gasteiger partial charge in [-0.1, -0.05) is 30.3 Å². The van der Waals surface area contributed by atoms with Crippen LogP contribution in [0.25, 0.3) is 10.9 Å². The summed E-state index contributed by atoms with van der Waals surface area (Å²) in [5.41, 5.74) is 2.71. The molecule has 0 aliphatic heterocycles. The molecule has 5 heteroatoms. The molecule has 0 bridgehead atoms. The average Bonchev–Trinajstić information content (AvgIpc) is 3.01. The fourth-order valence-corrected chi connectivity index (χ4v) is 2.48. The molecule has 2 aromatic carbocycles. The number of benzene rings is 2. The lowest BCUT2D eigenvalue weighted by Gasteiger charge is -2.26. The Morgan fingerprint density at radius 1 is 1.22 bits per heavy atom. The van der Waals surface area contributed by atoms with Crippen molar-refractivity contribution in [3.8, 4) is 0 Å². The lowest BCUT2D eigenvalue weighted by atomic mass is 10.2. The van der Waals surface area contributed by atoms with E-state index in [0.29, 0.717) is 0 Å². The molecule has 0 radical (unpaired) electrons. The fraction of sp³-hybridized carbons (Fsp3) is 0.222. The molecular formula is C18H19N3O2. The van der Waals surface area contributed by atoms with E-state index in [1.54, 1.807) is 11.1 Å². The summed E-state index contributed by atoms with van der Waals surface area (Å²) in [6.07, 6.45) is 1.39. The Bertz CT molecular complexity index is 796. The van der Waals surface area contributed by atoms with E-state index < -0.39 is 0 Å². The van der Waals surface area contributed by atoms with Crippen LogP contribution in [0, 0.1) is 0 Å². The van der Waals surface area contributed by atoms with Crippen LogP contribution in [0.15, 0.2) is 54.7 Å². The van der Waals surface area contributed by atoms with Crippen LogP contribution in [0.2, 0.25) is 0 Å². The molecule has 0 aliphatic carbocycles. The molecule has 0 saturated carbocycles. The van der Waals surface area contributed by atoms with Crippen LogP contribution >= 0.6 is 0 Å². The molecule has 0 atom stereocenters. The smallest absolute Gasteiger partial charge is 0.414 e. The predicted molar refractivity (Wildman–Crippen MR) is 90.3 cm³/mol. The summed E-state index contributed by atoms with van der Waals surface area (Å²) in [7, 11) is 0. The number of amides is 1. The van der Waals surface area contributed by atoms with Crippen LogP contribution in [0.3, 0.4) is 0 Å². The normalized spacial score (nSPS) is 10.9. The molecule has 5 nitrogen and oxygen atoms in total. The first-order valence-electron chi connectivity index (χ1n) is 7.58. The van der Waals surface area contributed by atoms with Gasteiger partial charge < -0.3 is 4.74 Å². The number of carbonyl (C=O) groups excluding carboxylic acids is 1. The topological polar surface area (TPSA) is 58.2 Å². The van der Waals surface area contributed by atoms with E-state index in [0.717, 1.165) is 22.2 Å². The van der Waals surface area contributed by atoms with Crippen molar-refractivity contribution < 1.29 is 9.53 Å². The zero-order valence-corrected chi connectivity index (χ0v) is 13.2. The number of rotatable bonds is 4. The van der Waals surface area contributed by atoms with Crippen molar-refractivity contribution in [1.29, 1.82) is 0 Å². The van der Waals surface area contributed by atoms with Gasteiger partial charge in [0.1, 0.15) is 6.61 Å². The number of fused-ring (bicyclic) bond motifs is 1. The second kappa shape index (κ2) is 6.52. The number of aromatic nitrogens is 2. The average molecular weight is 309 g/mol. The van der Waals surface area contributed by atoms with Crippen LogP contribution in [-0.2, 0) is 11.3 Å². The standard InChI is InChI=1S/C18H19N3O2/c1-13(2)21(16-8-9-17-15(10-16)11-19-20-17)18(22)23-12-14-6-4-3-5-7-14/h3-11,13H,12H2,1-2H3,(H,19,20). The molecule has 0 saturated heterocycles. The number of hydrogen-bond donors (Lipinski definition) is 1. The summed E-state index contributed by atoms with van der Waals surface area (Å²) in [5, 5.41) is 7.88. The number of hydrogen-bond acceptors (Lipinski definition) is 3. The van der Waals surface area contributed by atoms with Gasteiger partial charge in [0, 0.05) is 17.1 Å². The van der Waals surface area contributed by atoms with Gasteiger partial charge in [-0.15, -0.1) is 0 Å². The number of carbonyl (C=O) groups is 1. The first-order valence-corrected chi connectivity index (χ1v) is 7.58. The van der Waals surface area contributed by atoms with Crippen molar-refractivity contribution in [2.45, 2.75) is 26.5 Å². The zero-order valence-electron chi connectivity index (χ0n) is 13.2. The van der Waals surface area contributed by atoms with Gasteiger partial charge >= 0.3 is 6.09 Å². The second-order valence-corrected chi connectivity index (χ2v) is 5.65. The molecule has 23 heavy (non-hydrogen) atoms. The molecule has 3 aromatic rings. The summed E-state index contributed by atoms with van der Waals surface area (Å²) in [6.45, 7) is 4.18. The predicted octanol–water partition coefficient (Wildman–Crippen LogP) is 4.11. The zero-order chi connectivity index (χ0) is 16.2. The van der Waals surface area contributed by atoms with Crippen molar-refractivity contribution in [2.75, 3.05) is 4.90 Å². The van der Waals surface area contributed by atoms with Crippen LogP contribution in [-0.4, -0.2) is 22.3 Å². The van der Waals surface area contributed by atoms with Gasteiger partial charge in [-0.25, -0.2) is 4.79 Å². The summed E-state index contributed by atoms with van der Waals surface area (Å²) < 4.78 is 5.46. The van der Waals surface area contributed by atoms with Crippen molar-refractivity contribution in [3.63, 3.8) is 0 Å². The SMILES string of the molecule is CC(C)N(C(=O)OCc1ccccc1)c1ccc2[nH]ncc2c1. The van der Waals surface area contributed by atoms with Crippen molar-refractivity contribution in [2.24, 2.45) is 0 Å². The molecule has 0 fully saturated rings. The monoisotopic (exact) mass is 309 g/mol. The first kappa shape index (κ1) is 15.1. The van der Waals surface area contributed by atoms with E-state index in [2.05, 4.69) is 10.2 Å². The summed E-state index contributed by atoms with van der Waals surface area (Å²) in [5.74, 6) is 0. The van der Waals surface area contributed by atoms with E-state index in [9.17, 15) is 4.79 Å². The lowest BCUT2D eigenvalue weighted by molar-refractivity contribution is 0.145. The Morgan fingerprint density at radius 3 is 2.74 bits per heavy atom. The molecular weight excluding hydrogens is 290 g/mol. The maximum atomic E-state index is 12.5. The van der Waals surface area contributed by atoms with Gasteiger partial charge in [0.15, 0.2) is 0 Å². The minimum atomic E-state index is -0.355. The van der Waals surface area contributed by atoms with Gasteiger partial charge in [-0.2, -0.15) is 5.10 Å². The Labute approximate surface area is 134 Å². The van der Waals surface area contributed by atoms with Gasteiger partial charge in [0.05, 0.1) is 11.7 Å². The number of aromatic amines is 1. The third-order valence-electron chi connectivity index (χ3n) is 3.62. The molecule has 1 amide bonds. The Morgan fingerprint density at radius 2 is 2.00 bits per heavy atom. The van der Waals surface area contributed by atoms with Gasteiger partial charge in [-0.05, 0) is 37.6 Å². The van der Waals surface area contributed by atoms with E-state index in [1.807, 2.05) is 62.4 Å². The van der Waals surface area contributed by atoms with Gasteiger partial charge in [0.2, 0.25) is 0 Å². The van der Waals surface area contributed by atoms with Crippen LogP contribution < -0.4 is 4.90 Å². The highest BCUT2D eigenvalue weighted by Crippen LogP contribution is 2.23. The third-order valence-corrected chi connectivity index (χ3v) is 3.62. The molecule has 118 valence electrons. The quantitative estimate of drug-likeness (QED) is 0.789. The molecule has 1 aromatic heterocycles. The lowest BCUT2D eigenvalue weighted by Crippen LogP contribution is -2.37. The summed E-state index contributed by atoms with van der Waals surface area (Å²) in [4.78, 5) is 14.2. The van der Waals surface area contributed by atoms with E-state index in [1.165, 1.54) is 0 Å². The molecule has 0 spiro atoms. The highest BCUT2D eigenvalue weighted by Gasteiger charge is 2.21. The maximum absolute atomic E-state index is 12.5. The van der Waals surface area contributed by atoms with Gasteiger partial charge in [0.25, 0.3) is 0 Å². The number of nitrogens with zero attached hydrogens (tertiary/aromatic N) is 2. The van der Waals surface area contributed by atoms with Crippen LogP contribution in [0.1, 0.15) is 19.4 Å². The largest absolute Gasteiger partial charge is 0.444 e. The Balaban J connectivity index is 1.78.